The molecule has 0 aromatic carbocycles. The van der Waals surface area contributed by atoms with E-state index in [1.807, 2.05) is 0 Å². The summed E-state index contributed by atoms with van der Waals surface area (Å²) in [7, 11) is 1.39. The van der Waals surface area contributed by atoms with Crippen LogP contribution in [0.15, 0.2) is 49.3 Å². The zero-order valence-corrected chi connectivity index (χ0v) is 17.8. The molecule has 4 aromatic rings. The van der Waals surface area contributed by atoms with Crippen molar-refractivity contribution >= 4 is 17.2 Å². The van der Waals surface area contributed by atoms with E-state index in [1.165, 1.54) is 35.1 Å². The van der Waals surface area contributed by atoms with E-state index in [0.29, 0.717) is 11.2 Å². The van der Waals surface area contributed by atoms with Crippen molar-refractivity contribution in [2.45, 2.75) is 11.8 Å². The molecule has 1 fully saturated rings. The maximum atomic E-state index is 14.0. The first-order valence-corrected chi connectivity index (χ1v) is 10.3. The van der Waals surface area contributed by atoms with E-state index in [0.717, 1.165) is 17.3 Å². The van der Waals surface area contributed by atoms with Gasteiger partial charge in [0.25, 0.3) is 0 Å². The molecular weight excluding hydrogens is 453 g/mol. The fourth-order valence-electron chi connectivity index (χ4n) is 4.11. The Labute approximate surface area is 190 Å². The number of alkyl halides is 3. The number of aromatic amines is 1. The summed E-state index contributed by atoms with van der Waals surface area (Å²) in [5.41, 5.74) is -0.754. The van der Waals surface area contributed by atoms with Crippen LogP contribution < -0.4 is 5.32 Å². The number of nitrogens with one attached hydrogen (secondary N) is 2. The highest BCUT2D eigenvalue weighted by atomic mass is 19.4. The van der Waals surface area contributed by atoms with Crippen LogP contribution in [0, 0.1) is 5.92 Å². The highest BCUT2D eigenvalue weighted by molar-refractivity contribution is 5.88. The molecule has 1 unspecified atom stereocenters. The molecule has 0 radical (unpaired) electrons. The molecule has 0 spiro atoms. The van der Waals surface area contributed by atoms with Crippen LogP contribution in [0.3, 0.4) is 0 Å². The van der Waals surface area contributed by atoms with Gasteiger partial charge in [-0.25, -0.2) is 24.4 Å². The van der Waals surface area contributed by atoms with E-state index in [-0.39, 0.29) is 18.9 Å². The zero-order chi connectivity index (χ0) is 24.1. The van der Waals surface area contributed by atoms with Crippen LogP contribution in [0.25, 0.3) is 28.1 Å². The predicted molar refractivity (Wildman–Crippen MR) is 114 cm³/mol. The Morgan fingerprint density at radius 1 is 1.18 bits per heavy atom. The molecule has 5 heterocycles. The minimum atomic E-state index is -4.95. The van der Waals surface area contributed by atoms with Gasteiger partial charge in [0.1, 0.15) is 5.52 Å². The summed E-state index contributed by atoms with van der Waals surface area (Å²) in [6.07, 6.45) is 2.46. The first kappa shape index (κ1) is 21.8. The van der Waals surface area contributed by atoms with Crippen molar-refractivity contribution in [2.24, 2.45) is 5.92 Å². The van der Waals surface area contributed by atoms with Crippen LogP contribution in [0.1, 0.15) is 5.56 Å². The second kappa shape index (κ2) is 7.80. The molecule has 1 aliphatic heterocycles. The number of H-pyrrole nitrogens is 1. The first-order chi connectivity index (χ1) is 16.2. The Kier molecular flexibility index (Phi) is 5.01. The summed E-state index contributed by atoms with van der Waals surface area (Å²) in [5.74, 6) is -0.941. The molecule has 1 aliphatic rings. The van der Waals surface area contributed by atoms with Crippen LogP contribution in [0.5, 0.6) is 0 Å². The lowest BCUT2D eigenvalue weighted by Crippen LogP contribution is -2.64. The number of carbonyl (C=O) groups is 1. The Hall–Kier alpha value is -4.00. The standard InChI is InChI=1S/C21H19F3N8O2/c1-25-19(33)31-9-14(10-31)20(34,21(22,23)24)13-2-3-16(27-7-13)32-8-12(6-30-32)15-4-5-26-18-17(15)28-11-29-18/h2-8,11,14,34H,9-10H2,1H3,(H,25,33)(H,26,28,29). The van der Waals surface area contributed by atoms with Gasteiger partial charge in [-0.1, -0.05) is 6.07 Å². The molecule has 0 aliphatic carbocycles. The fraction of sp³-hybridized carbons (Fsp3) is 0.286. The number of pyridine rings is 2. The number of hydrogen-bond acceptors (Lipinski definition) is 6. The van der Waals surface area contributed by atoms with E-state index in [1.54, 1.807) is 24.7 Å². The number of amides is 2. The van der Waals surface area contributed by atoms with Crippen LogP contribution in [0.4, 0.5) is 18.0 Å². The van der Waals surface area contributed by atoms with Gasteiger partial charge < -0.3 is 20.3 Å². The van der Waals surface area contributed by atoms with Gasteiger partial charge in [0.2, 0.25) is 0 Å². The Balaban J connectivity index is 1.42. The number of aromatic nitrogens is 6. The lowest BCUT2D eigenvalue weighted by Gasteiger charge is -2.48. The van der Waals surface area contributed by atoms with Crippen LogP contribution >= 0.6 is 0 Å². The number of carbonyl (C=O) groups excluding carboxylic acids is 1. The molecule has 10 nitrogen and oxygen atoms in total. The summed E-state index contributed by atoms with van der Waals surface area (Å²) >= 11 is 0. The molecule has 1 saturated heterocycles. The van der Waals surface area contributed by atoms with Gasteiger partial charge in [0.05, 0.1) is 12.5 Å². The van der Waals surface area contributed by atoms with Gasteiger partial charge in [-0.2, -0.15) is 18.3 Å². The van der Waals surface area contributed by atoms with E-state index in [4.69, 9.17) is 0 Å². The smallest absolute Gasteiger partial charge is 0.376 e. The SMILES string of the molecule is CNC(=O)N1CC(C(O)(c2ccc(-n3cc(-c4ccnc5[nH]cnc45)cn3)nc2)C(F)(F)F)C1. The second-order valence-electron chi connectivity index (χ2n) is 7.96. The van der Waals surface area contributed by atoms with Crippen LogP contribution in [-0.4, -0.2) is 72.1 Å². The number of rotatable bonds is 4. The molecule has 3 N–H and O–H groups in total. The molecule has 34 heavy (non-hydrogen) atoms. The Bertz CT molecular complexity index is 1340. The lowest BCUT2D eigenvalue weighted by molar-refractivity contribution is -0.298. The third-order valence-corrected chi connectivity index (χ3v) is 6.04. The Morgan fingerprint density at radius 3 is 2.65 bits per heavy atom. The summed E-state index contributed by atoms with van der Waals surface area (Å²) in [4.78, 5) is 28.3. The van der Waals surface area contributed by atoms with Crippen molar-refractivity contribution in [3.05, 3.63) is 54.9 Å². The second-order valence-corrected chi connectivity index (χ2v) is 7.96. The number of hydrogen-bond donors (Lipinski definition) is 3. The summed E-state index contributed by atoms with van der Waals surface area (Å²) in [5, 5.41) is 17.4. The summed E-state index contributed by atoms with van der Waals surface area (Å²) < 4.78 is 43.3. The summed E-state index contributed by atoms with van der Waals surface area (Å²) in [6, 6.07) is 3.82. The molecule has 0 bridgehead atoms. The monoisotopic (exact) mass is 472 g/mol. The van der Waals surface area contributed by atoms with Gasteiger partial charge in [0.15, 0.2) is 17.1 Å². The van der Waals surface area contributed by atoms with Gasteiger partial charge in [-0.3, -0.25) is 0 Å². The molecule has 5 rings (SSSR count). The maximum Gasteiger partial charge on any atom is 0.421 e. The van der Waals surface area contributed by atoms with Crippen LogP contribution in [-0.2, 0) is 5.60 Å². The fourth-order valence-corrected chi connectivity index (χ4v) is 4.11. The molecule has 2 amide bonds. The number of nitrogens with zero attached hydrogens (tertiary/aromatic N) is 6. The number of imidazole rings is 1. The van der Waals surface area contributed by atoms with E-state index < -0.39 is 29.3 Å². The third-order valence-electron chi connectivity index (χ3n) is 6.04. The van der Waals surface area contributed by atoms with Gasteiger partial charge >= 0.3 is 12.2 Å². The topological polar surface area (TPSA) is 125 Å². The highest BCUT2D eigenvalue weighted by Crippen LogP contribution is 2.47. The number of halogens is 3. The van der Waals surface area contributed by atoms with Crippen molar-refractivity contribution in [2.75, 3.05) is 20.1 Å². The largest absolute Gasteiger partial charge is 0.421 e. The maximum absolute atomic E-state index is 14.0. The molecule has 176 valence electrons. The average Bonchev–Trinajstić information content (AvgIpc) is 3.46. The van der Waals surface area contributed by atoms with E-state index >= 15 is 0 Å². The predicted octanol–water partition coefficient (Wildman–Crippen LogP) is 2.23. The number of aliphatic hydroxyl groups is 1. The lowest BCUT2D eigenvalue weighted by atomic mass is 9.76. The third kappa shape index (κ3) is 3.36. The minimum absolute atomic E-state index is 0.229. The number of fused-ring (bicyclic) bond motifs is 1. The Morgan fingerprint density at radius 2 is 1.97 bits per heavy atom. The van der Waals surface area contributed by atoms with E-state index in [9.17, 15) is 23.1 Å². The average molecular weight is 472 g/mol. The van der Waals surface area contributed by atoms with Crippen molar-refractivity contribution in [3.8, 4) is 16.9 Å². The minimum Gasteiger partial charge on any atom is -0.376 e. The van der Waals surface area contributed by atoms with E-state index in [2.05, 4.69) is 30.4 Å². The highest BCUT2D eigenvalue weighted by Gasteiger charge is 2.62. The van der Waals surface area contributed by atoms with Gasteiger partial charge in [-0.05, 0) is 12.1 Å². The molecule has 4 aromatic heterocycles. The molecule has 0 saturated carbocycles. The van der Waals surface area contributed by atoms with Gasteiger partial charge in [0, 0.05) is 61.3 Å². The quantitative estimate of drug-likeness (QED) is 0.418. The van der Waals surface area contributed by atoms with Crippen molar-refractivity contribution in [3.63, 3.8) is 0 Å². The number of urea groups is 1. The van der Waals surface area contributed by atoms with Crippen molar-refractivity contribution in [1.82, 2.24) is 39.9 Å². The normalized spacial score (nSPS) is 16.3. The molecular formula is C21H19F3N8O2. The molecule has 1 atom stereocenters. The van der Waals surface area contributed by atoms with Crippen molar-refractivity contribution in [1.29, 1.82) is 0 Å². The number of likely N-dealkylation sites (tertiary alicyclic amines) is 1. The first-order valence-electron chi connectivity index (χ1n) is 10.3. The zero-order valence-electron chi connectivity index (χ0n) is 17.8. The summed E-state index contributed by atoms with van der Waals surface area (Å²) in [6.45, 7) is -0.457. The van der Waals surface area contributed by atoms with Crippen LogP contribution in [0.2, 0.25) is 0 Å². The van der Waals surface area contributed by atoms with Gasteiger partial charge in [-0.15, -0.1) is 0 Å². The van der Waals surface area contributed by atoms with Crippen molar-refractivity contribution < 1.29 is 23.1 Å². The molecule has 13 heteroatoms.